The Morgan fingerprint density at radius 3 is 1.42 bits per heavy atom. The maximum atomic E-state index is 11.9. The van der Waals surface area contributed by atoms with Gasteiger partial charge in [0.25, 0.3) is 0 Å². The van der Waals surface area contributed by atoms with E-state index in [1.54, 1.807) is 12.4 Å². The molecule has 2 rings (SSSR count). The molecule has 0 saturated heterocycles. The van der Waals surface area contributed by atoms with Gasteiger partial charge < -0.3 is 0 Å². The molecule has 0 unspecified atom stereocenters. The van der Waals surface area contributed by atoms with E-state index in [0.29, 0.717) is 38.8 Å². The van der Waals surface area contributed by atoms with Crippen LogP contribution in [0, 0.1) is 0 Å². The zero-order chi connectivity index (χ0) is 18.5. The third kappa shape index (κ3) is 7.34. The van der Waals surface area contributed by atoms with Gasteiger partial charge in [0.1, 0.15) is 0 Å². The van der Waals surface area contributed by atoms with Crippen molar-refractivity contribution in [2.75, 3.05) is 13.1 Å². The van der Waals surface area contributed by atoms with Crippen LogP contribution >= 0.6 is 0 Å². The predicted octanol–water partition coefficient (Wildman–Crippen LogP) is 4.45. The number of ketones is 2. The summed E-state index contributed by atoms with van der Waals surface area (Å²) in [5.74, 6) is 0.274. The summed E-state index contributed by atoms with van der Waals surface area (Å²) >= 11 is 0. The Kier molecular flexibility index (Phi) is 8.70. The van der Waals surface area contributed by atoms with Gasteiger partial charge in [-0.1, -0.05) is 60.7 Å². The molecule has 0 N–H and O–H groups in total. The van der Waals surface area contributed by atoms with E-state index in [0.717, 1.165) is 11.1 Å². The summed E-state index contributed by atoms with van der Waals surface area (Å²) in [6, 6.07) is 18.6. The van der Waals surface area contributed by atoms with Gasteiger partial charge in [0, 0.05) is 24.0 Å². The second-order valence-electron chi connectivity index (χ2n) is 5.83. The molecule has 26 heavy (non-hydrogen) atoms. The number of carbonyl (C=O) groups is 2. The molecule has 4 heteroatoms. The third-order valence-corrected chi connectivity index (χ3v) is 3.81. The maximum absolute atomic E-state index is 11.9. The van der Waals surface area contributed by atoms with Crippen molar-refractivity contribution in [1.82, 2.24) is 0 Å². The van der Waals surface area contributed by atoms with Crippen molar-refractivity contribution in [1.29, 1.82) is 0 Å². The molecule has 0 saturated carbocycles. The predicted molar refractivity (Wildman–Crippen MR) is 107 cm³/mol. The average molecular weight is 348 g/mol. The van der Waals surface area contributed by atoms with Crippen LogP contribution in [0.15, 0.2) is 70.6 Å². The van der Waals surface area contributed by atoms with Gasteiger partial charge in [-0.2, -0.15) is 0 Å². The lowest BCUT2D eigenvalue weighted by molar-refractivity contribution is 0.0977. The second kappa shape index (κ2) is 11.6. The van der Waals surface area contributed by atoms with E-state index in [1.165, 1.54) is 0 Å². The Labute approximate surface area is 154 Å². The fourth-order valence-corrected chi connectivity index (χ4v) is 2.41. The van der Waals surface area contributed by atoms with Crippen LogP contribution in [0.1, 0.15) is 46.4 Å². The minimum Gasteiger partial charge on any atom is -0.296 e. The summed E-state index contributed by atoms with van der Waals surface area (Å²) in [7, 11) is 0. The van der Waals surface area contributed by atoms with E-state index >= 15 is 0 Å². The molecule has 0 amide bonds. The molecule has 0 aliphatic rings. The fourth-order valence-electron chi connectivity index (χ4n) is 2.41. The number of rotatable bonds is 11. The third-order valence-electron chi connectivity index (χ3n) is 3.81. The number of nitrogens with zero attached hydrogens (tertiary/aromatic N) is 2. The van der Waals surface area contributed by atoms with Crippen LogP contribution in [-0.4, -0.2) is 37.1 Å². The first-order valence-electron chi connectivity index (χ1n) is 8.90. The summed E-state index contributed by atoms with van der Waals surface area (Å²) < 4.78 is 0. The van der Waals surface area contributed by atoms with Crippen LogP contribution in [0.4, 0.5) is 0 Å². The number of Topliss-reactive ketones (excluding diaryl/α,β-unsaturated/α-hetero) is 2. The first-order valence-corrected chi connectivity index (χ1v) is 8.90. The van der Waals surface area contributed by atoms with E-state index in [2.05, 4.69) is 9.98 Å². The van der Waals surface area contributed by atoms with Crippen molar-refractivity contribution < 1.29 is 9.59 Å². The second-order valence-corrected chi connectivity index (χ2v) is 5.83. The highest BCUT2D eigenvalue weighted by Crippen LogP contribution is 2.05. The lowest BCUT2D eigenvalue weighted by Crippen LogP contribution is -1.99. The summed E-state index contributed by atoms with van der Waals surface area (Å²) in [5, 5.41) is 0. The van der Waals surface area contributed by atoms with Gasteiger partial charge in [-0.3, -0.25) is 19.6 Å². The first-order chi connectivity index (χ1) is 12.8. The van der Waals surface area contributed by atoms with Crippen molar-refractivity contribution in [2.24, 2.45) is 9.98 Å². The largest absolute Gasteiger partial charge is 0.296 e. The van der Waals surface area contributed by atoms with E-state index in [-0.39, 0.29) is 11.6 Å². The summed E-state index contributed by atoms with van der Waals surface area (Å²) in [6.07, 6.45) is 5.80. The zero-order valence-electron chi connectivity index (χ0n) is 14.9. The topological polar surface area (TPSA) is 58.9 Å². The highest BCUT2D eigenvalue weighted by molar-refractivity contribution is 5.97. The van der Waals surface area contributed by atoms with Crippen LogP contribution in [0.25, 0.3) is 0 Å². The van der Waals surface area contributed by atoms with Crippen LogP contribution in [0.2, 0.25) is 0 Å². The summed E-state index contributed by atoms with van der Waals surface area (Å²) in [5.41, 5.74) is 1.49. The van der Waals surface area contributed by atoms with Gasteiger partial charge in [-0.05, 0) is 25.3 Å². The van der Waals surface area contributed by atoms with Crippen molar-refractivity contribution in [3.05, 3.63) is 71.8 Å². The van der Waals surface area contributed by atoms with Gasteiger partial charge in [0.05, 0.1) is 13.1 Å². The van der Waals surface area contributed by atoms with Gasteiger partial charge in [-0.15, -0.1) is 0 Å². The van der Waals surface area contributed by atoms with E-state index in [1.807, 2.05) is 60.7 Å². The number of aliphatic imine (C=N–C) groups is 2. The number of hydrogen-bond donors (Lipinski definition) is 0. The van der Waals surface area contributed by atoms with Gasteiger partial charge >= 0.3 is 0 Å². The normalized spacial score (nSPS) is 11.2. The molecule has 0 fully saturated rings. The van der Waals surface area contributed by atoms with Crippen molar-refractivity contribution >= 4 is 24.0 Å². The quantitative estimate of drug-likeness (QED) is 0.342. The zero-order valence-corrected chi connectivity index (χ0v) is 14.9. The molecule has 0 aliphatic carbocycles. The Balaban J connectivity index is 1.53. The molecule has 0 heterocycles. The van der Waals surface area contributed by atoms with Crippen LogP contribution in [-0.2, 0) is 0 Å². The molecular formula is C22H24N2O2. The minimum atomic E-state index is 0.137. The van der Waals surface area contributed by atoms with Crippen molar-refractivity contribution in [2.45, 2.75) is 25.7 Å². The van der Waals surface area contributed by atoms with Gasteiger partial charge in [0.15, 0.2) is 11.6 Å². The monoisotopic (exact) mass is 348 g/mol. The molecule has 0 spiro atoms. The fraction of sp³-hybridized carbons (Fsp3) is 0.273. The lowest BCUT2D eigenvalue weighted by Gasteiger charge is -1.98. The number of hydrogen-bond acceptors (Lipinski definition) is 4. The molecule has 2 aromatic rings. The SMILES string of the molecule is O=C(CCC=NCCN=CCCC(=O)c1ccccc1)c1ccccc1. The van der Waals surface area contributed by atoms with Crippen LogP contribution in [0.5, 0.6) is 0 Å². The Bertz CT molecular complexity index is 672. The molecule has 0 radical (unpaired) electrons. The molecule has 4 nitrogen and oxygen atoms in total. The van der Waals surface area contributed by atoms with Crippen molar-refractivity contribution in [3.8, 4) is 0 Å². The Morgan fingerprint density at radius 1 is 0.654 bits per heavy atom. The van der Waals surface area contributed by atoms with E-state index < -0.39 is 0 Å². The van der Waals surface area contributed by atoms with Gasteiger partial charge in [0.2, 0.25) is 0 Å². The van der Waals surface area contributed by atoms with E-state index in [4.69, 9.17) is 0 Å². The Hall–Kier alpha value is -2.88. The Morgan fingerprint density at radius 2 is 1.04 bits per heavy atom. The molecular weight excluding hydrogens is 324 g/mol. The molecule has 0 aromatic heterocycles. The number of benzene rings is 2. The van der Waals surface area contributed by atoms with Crippen LogP contribution in [0.3, 0.4) is 0 Å². The van der Waals surface area contributed by atoms with Crippen LogP contribution < -0.4 is 0 Å². The minimum absolute atomic E-state index is 0.137. The highest BCUT2D eigenvalue weighted by Gasteiger charge is 2.03. The van der Waals surface area contributed by atoms with E-state index in [9.17, 15) is 9.59 Å². The standard InChI is InChI=1S/C22H24N2O2/c25-21(19-9-3-1-4-10-19)13-7-15-23-17-18-24-16-8-14-22(26)20-11-5-2-6-12-20/h1-6,9-12,15-16H,7-8,13-14,17-18H2. The average Bonchev–Trinajstić information content (AvgIpc) is 2.70. The summed E-state index contributed by atoms with van der Waals surface area (Å²) in [6.45, 7) is 1.20. The molecule has 0 bridgehead atoms. The molecule has 2 aromatic carbocycles. The summed E-state index contributed by atoms with van der Waals surface area (Å²) in [4.78, 5) is 32.3. The molecule has 134 valence electrons. The molecule has 0 atom stereocenters. The highest BCUT2D eigenvalue weighted by atomic mass is 16.1. The van der Waals surface area contributed by atoms with Gasteiger partial charge in [-0.25, -0.2) is 0 Å². The molecule has 0 aliphatic heterocycles. The first kappa shape index (κ1) is 19.4. The smallest absolute Gasteiger partial charge is 0.163 e. The van der Waals surface area contributed by atoms with Crippen molar-refractivity contribution in [3.63, 3.8) is 0 Å². The lowest BCUT2D eigenvalue weighted by atomic mass is 10.1. The maximum Gasteiger partial charge on any atom is 0.163 e. The number of carbonyl (C=O) groups excluding carboxylic acids is 2.